The van der Waals surface area contributed by atoms with Crippen molar-refractivity contribution < 1.29 is 4.74 Å². The third-order valence-electron chi connectivity index (χ3n) is 4.74. The van der Waals surface area contributed by atoms with Crippen molar-refractivity contribution in [1.82, 2.24) is 0 Å². The van der Waals surface area contributed by atoms with Crippen molar-refractivity contribution in [2.24, 2.45) is 0 Å². The van der Waals surface area contributed by atoms with E-state index < -0.39 is 6.17 Å². The number of hydroxylamine groups is 1. The van der Waals surface area contributed by atoms with Crippen LogP contribution in [0, 0.1) is 12.1 Å². The second-order valence-corrected chi connectivity index (χ2v) is 6.96. The number of benzene rings is 3. The first kappa shape index (κ1) is 16.7. The highest BCUT2D eigenvalue weighted by atomic mass is 35.5. The van der Waals surface area contributed by atoms with Gasteiger partial charge < -0.3 is 5.21 Å². The molecule has 3 aromatic rings. The predicted octanol–water partition coefficient (Wildman–Crippen LogP) is 5.17. The van der Waals surface area contributed by atoms with E-state index in [2.05, 4.69) is 36.1 Å². The summed E-state index contributed by atoms with van der Waals surface area (Å²) in [6, 6.07) is 25.6. The Morgan fingerprint density at radius 2 is 1.58 bits per heavy atom. The first-order valence-electron chi connectivity index (χ1n) is 8.60. The Morgan fingerprint density at radius 1 is 0.923 bits per heavy atom. The van der Waals surface area contributed by atoms with Gasteiger partial charge in [-0.2, -0.15) is 4.74 Å². The lowest BCUT2D eigenvalue weighted by Gasteiger charge is -2.24. The van der Waals surface area contributed by atoms with Gasteiger partial charge in [-0.1, -0.05) is 47.5 Å². The summed E-state index contributed by atoms with van der Waals surface area (Å²) in [5, 5.41) is 13.9. The van der Waals surface area contributed by atoms with Crippen molar-refractivity contribution in [2.75, 3.05) is 11.4 Å². The average Bonchev–Trinajstić information content (AvgIpc) is 3.01. The molecule has 1 heterocycles. The zero-order valence-corrected chi connectivity index (χ0v) is 15.2. The van der Waals surface area contributed by atoms with E-state index in [-0.39, 0.29) is 0 Å². The molecule has 130 valence electrons. The van der Waals surface area contributed by atoms with Crippen LogP contribution in [-0.2, 0) is 0 Å². The van der Waals surface area contributed by atoms with Gasteiger partial charge in [0.1, 0.15) is 6.54 Å². The van der Waals surface area contributed by atoms with E-state index in [4.69, 9.17) is 11.6 Å². The Morgan fingerprint density at radius 3 is 2.23 bits per heavy atom. The molecule has 3 nitrogen and oxygen atoms in total. The van der Waals surface area contributed by atoms with Gasteiger partial charge in [-0.3, -0.25) is 4.90 Å². The van der Waals surface area contributed by atoms with Crippen LogP contribution in [0.4, 0.5) is 5.69 Å². The first-order chi connectivity index (χ1) is 12.6. The maximum atomic E-state index is 13.2. The molecular formula is C22H19ClN2O. The van der Waals surface area contributed by atoms with Gasteiger partial charge in [-0.25, -0.2) is 0 Å². The minimum Gasteiger partial charge on any atom is -0.622 e. The lowest BCUT2D eigenvalue weighted by Crippen LogP contribution is -2.28. The van der Waals surface area contributed by atoms with Crippen LogP contribution < -0.4 is 4.90 Å². The first-order valence-corrected chi connectivity index (χ1v) is 8.98. The second-order valence-electron chi connectivity index (χ2n) is 6.53. The third kappa shape index (κ3) is 3.06. The average molecular weight is 363 g/mol. The van der Waals surface area contributed by atoms with Gasteiger partial charge in [0.15, 0.2) is 0 Å². The topological polar surface area (TPSA) is 29.3 Å². The fraction of sp³-hybridized carbons (Fsp3) is 0.136. The van der Waals surface area contributed by atoms with Gasteiger partial charge in [-0.15, -0.1) is 0 Å². The molecule has 1 aliphatic rings. The molecule has 0 saturated carbocycles. The zero-order valence-electron chi connectivity index (χ0n) is 14.5. The van der Waals surface area contributed by atoms with Crippen molar-refractivity contribution in [1.29, 1.82) is 0 Å². The molecule has 26 heavy (non-hydrogen) atoms. The Kier molecular flexibility index (Phi) is 4.39. The van der Waals surface area contributed by atoms with E-state index in [0.717, 1.165) is 27.3 Å². The number of hydrogen-bond donors (Lipinski definition) is 0. The molecule has 4 heteroatoms. The Bertz CT molecular complexity index is 934. The summed E-state index contributed by atoms with van der Waals surface area (Å²) in [5.41, 5.74) is 4.88. The standard InChI is InChI=1S/C22H19ClN2O/c1-16-7-13-20(14-8-16)24-15-21(17-5-3-2-4-6-17)25(26)22(24)18-9-11-19(23)12-10-18/h2-14,22H,15H2,1H3. The fourth-order valence-electron chi connectivity index (χ4n) is 3.36. The van der Waals surface area contributed by atoms with E-state index in [1.807, 2.05) is 54.6 Å². The monoisotopic (exact) mass is 362 g/mol. The quantitative estimate of drug-likeness (QED) is 0.475. The molecule has 0 bridgehead atoms. The maximum absolute atomic E-state index is 13.2. The van der Waals surface area contributed by atoms with Crippen molar-refractivity contribution >= 4 is 23.0 Å². The van der Waals surface area contributed by atoms with Crippen LogP contribution in [0.3, 0.4) is 0 Å². The Balaban J connectivity index is 1.81. The van der Waals surface area contributed by atoms with Gasteiger partial charge in [0.2, 0.25) is 5.71 Å². The number of halogens is 1. The van der Waals surface area contributed by atoms with E-state index in [1.54, 1.807) is 0 Å². The number of hydrogen-bond acceptors (Lipinski definition) is 2. The Labute approximate surface area is 158 Å². The van der Waals surface area contributed by atoms with Crippen LogP contribution in [0.2, 0.25) is 5.02 Å². The summed E-state index contributed by atoms with van der Waals surface area (Å²) >= 11 is 6.04. The largest absolute Gasteiger partial charge is 0.622 e. The summed E-state index contributed by atoms with van der Waals surface area (Å²) in [4.78, 5) is 2.14. The van der Waals surface area contributed by atoms with Crippen LogP contribution in [-0.4, -0.2) is 17.0 Å². The van der Waals surface area contributed by atoms with Gasteiger partial charge in [0, 0.05) is 21.8 Å². The van der Waals surface area contributed by atoms with E-state index in [9.17, 15) is 5.21 Å². The van der Waals surface area contributed by atoms with E-state index in [1.165, 1.54) is 5.56 Å². The summed E-state index contributed by atoms with van der Waals surface area (Å²) in [7, 11) is 0. The molecule has 0 spiro atoms. The summed E-state index contributed by atoms with van der Waals surface area (Å²) in [6.07, 6.45) is -0.412. The Hall–Kier alpha value is -2.78. The van der Waals surface area contributed by atoms with Crippen molar-refractivity contribution in [3.8, 4) is 0 Å². The maximum Gasteiger partial charge on any atom is 0.266 e. The molecule has 1 aliphatic heterocycles. The van der Waals surface area contributed by atoms with Crippen LogP contribution in [0.25, 0.3) is 0 Å². The van der Waals surface area contributed by atoms with Crippen molar-refractivity contribution in [3.63, 3.8) is 0 Å². The highest BCUT2D eigenvalue weighted by Gasteiger charge is 2.38. The summed E-state index contributed by atoms with van der Waals surface area (Å²) in [6.45, 7) is 2.62. The molecule has 0 radical (unpaired) electrons. The van der Waals surface area contributed by atoms with E-state index in [0.29, 0.717) is 11.6 Å². The summed E-state index contributed by atoms with van der Waals surface area (Å²) in [5.74, 6) is 0. The lowest BCUT2D eigenvalue weighted by atomic mass is 10.1. The minimum atomic E-state index is -0.412. The molecule has 0 amide bonds. The SMILES string of the molecule is Cc1ccc(N2CC(c3ccccc3)=[N+]([O-])C2c2ccc(Cl)cc2)cc1. The lowest BCUT2D eigenvalue weighted by molar-refractivity contribution is -0.497. The number of anilines is 1. The molecule has 0 fully saturated rings. The van der Waals surface area contributed by atoms with Gasteiger partial charge in [0.05, 0.1) is 0 Å². The molecular weight excluding hydrogens is 344 g/mol. The van der Waals surface area contributed by atoms with Crippen LogP contribution in [0.1, 0.15) is 22.9 Å². The highest BCUT2D eigenvalue weighted by Crippen LogP contribution is 2.33. The molecule has 1 atom stereocenters. The molecule has 0 aliphatic carbocycles. The summed E-state index contributed by atoms with van der Waals surface area (Å²) < 4.78 is 1.12. The number of nitrogens with zero attached hydrogens (tertiary/aromatic N) is 2. The van der Waals surface area contributed by atoms with E-state index >= 15 is 0 Å². The van der Waals surface area contributed by atoms with Crippen LogP contribution in [0.15, 0.2) is 78.9 Å². The second kappa shape index (κ2) is 6.85. The van der Waals surface area contributed by atoms with Crippen LogP contribution in [0.5, 0.6) is 0 Å². The predicted molar refractivity (Wildman–Crippen MR) is 107 cm³/mol. The molecule has 0 N–H and O–H groups in total. The minimum absolute atomic E-state index is 0.412. The van der Waals surface area contributed by atoms with Gasteiger partial charge in [-0.05, 0) is 55.5 Å². The normalized spacial score (nSPS) is 17.0. The third-order valence-corrected chi connectivity index (χ3v) is 5.00. The number of aryl methyl sites for hydroxylation is 1. The van der Waals surface area contributed by atoms with Gasteiger partial charge >= 0.3 is 0 Å². The highest BCUT2D eigenvalue weighted by molar-refractivity contribution is 6.30. The fourth-order valence-corrected chi connectivity index (χ4v) is 3.49. The van der Waals surface area contributed by atoms with Crippen LogP contribution >= 0.6 is 11.6 Å². The van der Waals surface area contributed by atoms with Crippen molar-refractivity contribution in [3.05, 3.63) is 106 Å². The van der Waals surface area contributed by atoms with Crippen molar-refractivity contribution in [2.45, 2.75) is 13.1 Å². The van der Waals surface area contributed by atoms with Gasteiger partial charge in [0.25, 0.3) is 6.17 Å². The molecule has 1 unspecified atom stereocenters. The molecule has 4 rings (SSSR count). The number of rotatable bonds is 3. The molecule has 3 aromatic carbocycles. The molecule has 0 saturated heterocycles. The zero-order chi connectivity index (χ0) is 18.1. The molecule has 0 aromatic heterocycles. The smallest absolute Gasteiger partial charge is 0.266 e.